The van der Waals surface area contributed by atoms with Crippen LogP contribution in [0.4, 0.5) is 22.6 Å². The molecule has 0 spiro atoms. The molecule has 3 heterocycles. The van der Waals surface area contributed by atoms with E-state index in [4.69, 9.17) is 7.94 Å². The molecule has 0 unspecified atom stereocenters. The minimum atomic E-state index is -4.80. The number of nitrogens with one attached hydrogen (secondary N) is 1. The Morgan fingerprint density at radius 2 is 2.16 bits per heavy atom. The number of benzene rings is 1. The lowest BCUT2D eigenvalue weighted by Crippen LogP contribution is -2.37. The summed E-state index contributed by atoms with van der Waals surface area (Å²) in [4.78, 5) is 18.9. The number of carbonyl (C=O) groups is 1. The highest BCUT2D eigenvalue weighted by molar-refractivity contribution is 7.16. The third kappa shape index (κ3) is 5.66. The van der Waals surface area contributed by atoms with Crippen molar-refractivity contribution < 1.29 is 23.7 Å². The summed E-state index contributed by atoms with van der Waals surface area (Å²) in [7, 11) is 0. The van der Waals surface area contributed by atoms with E-state index in [1.807, 2.05) is 0 Å². The fraction of sp³-hybridized carbons (Fsp3) is 0.370. The maximum absolute atomic E-state index is 15.4. The lowest BCUT2D eigenvalue weighted by Gasteiger charge is -2.34. The molecule has 1 atom stereocenters. The van der Waals surface area contributed by atoms with E-state index >= 15 is 4.39 Å². The molecule has 4 rings (SSSR count). The first-order valence-corrected chi connectivity index (χ1v) is 12.8. The van der Waals surface area contributed by atoms with Crippen molar-refractivity contribution in [2.24, 2.45) is 0 Å². The van der Waals surface area contributed by atoms with Gasteiger partial charge in [-0.3, -0.25) is 9.48 Å². The number of hydrogen-bond donors (Lipinski definition) is 1. The summed E-state index contributed by atoms with van der Waals surface area (Å²) in [5, 5.41) is 6.97. The van der Waals surface area contributed by atoms with Crippen molar-refractivity contribution in [2.45, 2.75) is 52.0 Å². The number of amides is 1. The van der Waals surface area contributed by atoms with Crippen molar-refractivity contribution >= 4 is 22.2 Å². The maximum atomic E-state index is 15.4. The zero-order valence-corrected chi connectivity index (χ0v) is 21.9. The fourth-order valence-electron chi connectivity index (χ4n) is 4.51. The van der Waals surface area contributed by atoms with E-state index in [2.05, 4.69) is 15.3 Å². The first-order valence-electron chi connectivity index (χ1n) is 12.5. The molecule has 38 heavy (non-hydrogen) atoms. The van der Waals surface area contributed by atoms with E-state index in [0.29, 0.717) is 17.1 Å². The fourth-order valence-corrected chi connectivity index (χ4v) is 5.53. The third-order valence-electron chi connectivity index (χ3n) is 6.24. The third-order valence-corrected chi connectivity index (χ3v) is 7.27. The number of carbonyl (C=O) groups excluding carboxylic acids is 1. The van der Waals surface area contributed by atoms with Gasteiger partial charge in [0, 0.05) is 61.2 Å². The van der Waals surface area contributed by atoms with Crippen molar-refractivity contribution in [1.82, 2.24) is 20.0 Å². The average Bonchev–Trinajstić information content (AvgIpc) is 3.49. The highest BCUT2D eigenvalue weighted by Crippen LogP contribution is 2.46. The van der Waals surface area contributed by atoms with Crippen molar-refractivity contribution in [3.63, 3.8) is 0 Å². The van der Waals surface area contributed by atoms with Crippen LogP contribution in [0.15, 0.2) is 42.6 Å². The molecule has 200 valence electrons. The van der Waals surface area contributed by atoms with Crippen LogP contribution in [0.3, 0.4) is 0 Å². The number of alkyl halides is 3. The minimum absolute atomic E-state index is 0.0848. The summed E-state index contributed by atoms with van der Waals surface area (Å²) in [5.41, 5.74) is -0.792. The van der Waals surface area contributed by atoms with Gasteiger partial charge in [0.2, 0.25) is 10.9 Å². The number of rotatable bonds is 7. The Balaban J connectivity index is 1.79. The number of nitrogens with zero attached hydrogens (tertiary/aromatic N) is 4. The van der Waals surface area contributed by atoms with E-state index in [1.165, 1.54) is 34.6 Å². The van der Waals surface area contributed by atoms with Gasteiger partial charge in [0.1, 0.15) is 5.82 Å². The molecular weight excluding hydrogens is 518 g/mol. The Hall–Kier alpha value is -3.49. The zero-order valence-electron chi connectivity index (χ0n) is 22.1. The van der Waals surface area contributed by atoms with Gasteiger partial charge in [0.15, 0.2) is 5.69 Å². The molecule has 0 radical (unpaired) electrons. The van der Waals surface area contributed by atoms with Crippen LogP contribution in [0, 0.1) is 12.4 Å². The Kier molecular flexibility index (Phi) is 7.63. The normalized spacial score (nSPS) is 16.4. The SMILES string of the molecule is [2H]C(C)(C)NC/C=C/C(=O)N1Cc2sc([N+]#[C-])cc2[C@H](c2cccc(F)c2-c2cn(CC)nc2C(F)(F)F)C1. The molecule has 0 bridgehead atoms. The molecule has 6 nitrogen and oxygen atoms in total. The number of fused-ring (bicyclic) bond motifs is 1. The van der Waals surface area contributed by atoms with Crippen LogP contribution in [0.1, 0.15) is 49.8 Å². The molecule has 3 aromatic rings. The quantitative estimate of drug-likeness (QED) is 0.213. The second-order valence-electron chi connectivity index (χ2n) is 9.08. The van der Waals surface area contributed by atoms with Gasteiger partial charge >= 0.3 is 6.18 Å². The summed E-state index contributed by atoms with van der Waals surface area (Å²) >= 11 is 1.21. The second kappa shape index (κ2) is 11.1. The minimum Gasteiger partial charge on any atom is -0.333 e. The monoisotopic (exact) mass is 546 g/mol. The van der Waals surface area contributed by atoms with Crippen LogP contribution in [0.25, 0.3) is 16.0 Å². The predicted octanol–water partition coefficient (Wildman–Crippen LogP) is 6.37. The lowest BCUT2D eigenvalue weighted by atomic mass is 9.83. The number of hydrogen-bond acceptors (Lipinski definition) is 4. The molecule has 0 saturated heterocycles. The van der Waals surface area contributed by atoms with Crippen molar-refractivity contribution in [3.05, 3.63) is 81.5 Å². The van der Waals surface area contributed by atoms with Crippen LogP contribution in [0.2, 0.25) is 0 Å². The van der Waals surface area contributed by atoms with Gasteiger partial charge < -0.3 is 10.2 Å². The Labute approximate surface area is 223 Å². The second-order valence-corrected chi connectivity index (χ2v) is 10.2. The molecular formula is C27H27F4N5OS. The highest BCUT2D eigenvalue weighted by atomic mass is 32.1. The predicted molar refractivity (Wildman–Crippen MR) is 138 cm³/mol. The average molecular weight is 547 g/mol. The van der Waals surface area contributed by atoms with Crippen molar-refractivity contribution in [3.8, 4) is 11.1 Å². The van der Waals surface area contributed by atoms with E-state index in [9.17, 15) is 18.0 Å². The summed E-state index contributed by atoms with van der Waals surface area (Å²) < 4.78 is 66.3. The summed E-state index contributed by atoms with van der Waals surface area (Å²) in [6.45, 7) is 13.2. The van der Waals surface area contributed by atoms with Gasteiger partial charge in [0.25, 0.3) is 0 Å². The zero-order chi connectivity index (χ0) is 28.5. The Morgan fingerprint density at radius 3 is 2.82 bits per heavy atom. The van der Waals surface area contributed by atoms with Gasteiger partial charge in [-0.25, -0.2) is 9.24 Å². The number of aromatic nitrogens is 2. The molecule has 0 fully saturated rings. The smallest absolute Gasteiger partial charge is 0.333 e. The first kappa shape index (κ1) is 26.1. The standard InChI is InChI=1S/C27H27F4N5OS/c1-5-36-14-20(26(34-36)27(29,30)31)25-17(8-6-9-21(25)28)19-13-35(24(37)10-7-11-33-16(2)3)15-22-18(19)12-23(32-4)38-22/h6-10,12,14,16,19,33H,5,11,13,15H2,1-3H3/b10-7+/t19-/m0/s1/i16D. The van der Waals surface area contributed by atoms with Gasteiger partial charge in [-0.2, -0.15) is 29.6 Å². The van der Waals surface area contributed by atoms with Gasteiger partial charge in [-0.1, -0.05) is 32.1 Å². The highest BCUT2D eigenvalue weighted by Gasteiger charge is 2.40. The first-order chi connectivity index (χ1) is 18.3. The van der Waals surface area contributed by atoms with Crippen LogP contribution in [0.5, 0.6) is 0 Å². The summed E-state index contributed by atoms with van der Waals surface area (Å²) in [5.74, 6) is -1.83. The molecule has 0 aliphatic carbocycles. The van der Waals surface area contributed by atoms with Crippen LogP contribution >= 0.6 is 11.3 Å². The van der Waals surface area contributed by atoms with Crippen LogP contribution in [-0.2, 0) is 24.1 Å². The maximum Gasteiger partial charge on any atom is 0.435 e. The summed E-state index contributed by atoms with van der Waals surface area (Å²) in [6.07, 6.45) is -0.631. The molecule has 11 heteroatoms. The van der Waals surface area contributed by atoms with E-state index < -0.39 is 29.6 Å². The van der Waals surface area contributed by atoms with E-state index in [0.717, 1.165) is 15.6 Å². The molecule has 0 saturated carbocycles. The van der Waals surface area contributed by atoms with Gasteiger partial charge in [-0.05, 0) is 30.2 Å². The topological polar surface area (TPSA) is 54.5 Å². The molecule has 2 aromatic heterocycles. The largest absolute Gasteiger partial charge is 0.435 e. The summed E-state index contributed by atoms with van der Waals surface area (Å²) in [6, 6.07) is 4.90. The molecule has 1 amide bonds. The molecule has 1 N–H and O–H groups in total. The number of aryl methyl sites for hydroxylation is 1. The Morgan fingerprint density at radius 1 is 1.39 bits per heavy atom. The van der Waals surface area contributed by atoms with E-state index in [-0.39, 0.29) is 42.2 Å². The number of halogens is 4. The molecule has 1 aromatic carbocycles. The molecule has 1 aliphatic rings. The molecule has 1 aliphatic heterocycles. The van der Waals surface area contributed by atoms with Crippen molar-refractivity contribution in [2.75, 3.05) is 13.1 Å². The van der Waals surface area contributed by atoms with Gasteiger partial charge in [0.05, 0.1) is 13.1 Å². The van der Waals surface area contributed by atoms with Crippen LogP contribution < -0.4 is 5.32 Å². The van der Waals surface area contributed by atoms with E-state index in [1.54, 1.807) is 39.0 Å². The van der Waals surface area contributed by atoms with Crippen LogP contribution in [-0.4, -0.2) is 39.7 Å². The van der Waals surface area contributed by atoms with Gasteiger partial charge in [-0.15, -0.1) is 0 Å². The number of thiophene rings is 1. The van der Waals surface area contributed by atoms with Crippen molar-refractivity contribution in [1.29, 1.82) is 0 Å². The lowest BCUT2D eigenvalue weighted by molar-refractivity contribution is -0.141. The Bertz CT molecular complexity index is 1450.